The van der Waals surface area contributed by atoms with Gasteiger partial charge in [0.05, 0.1) is 17.2 Å². The SMILES string of the molecule is CC(C)(OC1CCC(Nc2ccc(N(O)O)c(C(F)(F)F)c2)CC1)C(=S)N1CCN(c2ccc(C(F)(F)F)cc2)CC1. The summed E-state index contributed by atoms with van der Waals surface area (Å²) < 4.78 is 85.2. The van der Waals surface area contributed by atoms with E-state index in [1.165, 1.54) is 18.2 Å². The first-order valence-electron chi connectivity index (χ1n) is 13.6. The number of alkyl halides is 6. The average Bonchev–Trinajstić information content (AvgIpc) is 2.92. The van der Waals surface area contributed by atoms with E-state index in [2.05, 4.69) is 10.2 Å². The number of nitrogens with one attached hydrogen (secondary N) is 1. The van der Waals surface area contributed by atoms with Crippen LogP contribution in [0.4, 0.5) is 43.4 Å². The van der Waals surface area contributed by atoms with Gasteiger partial charge in [-0.3, -0.25) is 10.4 Å². The normalized spacial score (nSPS) is 20.4. The predicted molar refractivity (Wildman–Crippen MR) is 150 cm³/mol. The van der Waals surface area contributed by atoms with Crippen LogP contribution < -0.4 is 15.4 Å². The number of benzene rings is 2. The van der Waals surface area contributed by atoms with Crippen LogP contribution in [0.5, 0.6) is 0 Å². The van der Waals surface area contributed by atoms with E-state index in [0.29, 0.717) is 56.9 Å². The number of halogens is 6. The lowest BCUT2D eigenvalue weighted by molar-refractivity contribution is -0.139. The Labute approximate surface area is 245 Å². The molecule has 0 radical (unpaired) electrons. The third-order valence-corrected chi connectivity index (χ3v) is 8.42. The van der Waals surface area contributed by atoms with Gasteiger partial charge < -0.3 is 19.9 Å². The molecule has 1 saturated carbocycles. The minimum Gasteiger partial charge on any atom is -0.382 e. The molecule has 0 bridgehead atoms. The van der Waals surface area contributed by atoms with Crippen molar-refractivity contribution in [2.45, 2.75) is 69.6 Å². The van der Waals surface area contributed by atoms with Gasteiger partial charge in [0.25, 0.3) is 0 Å². The molecule has 4 rings (SSSR count). The van der Waals surface area contributed by atoms with Gasteiger partial charge in [0, 0.05) is 43.6 Å². The molecule has 0 unspecified atom stereocenters. The van der Waals surface area contributed by atoms with Crippen LogP contribution in [0.2, 0.25) is 0 Å². The number of thiocarbonyl (C=S) groups is 1. The Morgan fingerprint density at radius 3 is 2.00 bits per heavy atom. The molecule has 232 valence electrons. The molecule has 1 saturated heterocycles. The molecule has 1 aliphatic carbocycles. The highest BCUT2D eigenvalue weighted by Gasteiger charge is 2.37. The van der Waals surface area contributed by atoms with Crippen molar-refractivity contribution in [3.8, 4) is 0 Å². The zero-order valence-corrected chi connectivity index (χ0v) is 24.0. The van der Waals surface area contributed by atoms with E-state index in [-0.39, 0.29) is 17.8 Å². The Kier molecular flexibility index (Phi) is 9.50. The minimum atomic E-state index is -4.76. The van der Waals surface area contributed by atoms with Crippen LogP contribution in [0.3, 0.4) is 0 Å². The summed E-state index contributed by atoms with van der Waals surface area (Å²) in [4.78, 5) is 4.73. The van der Waals surface area contributed by atoms with E-state index in [4.69, 9.17) is 27.4 Å². The Balaban J connectivity index is 1.26. The van der Waals surface area contributed by atoms with Crippen molar-refractivity contribution in [1.29, 1.82) is 0 Å². The highest BCUT2D eigenvalue weighted by atomic mass is 32.1. The second-order valence-corrected chi connectivity index (χ2v) is 11.5. The number of hydrogen-bond acceptors (Lipinski definition) is 7. The number of ether oxygens (including phenoxy) is 1. The average molecular weight is 621 g/mol. The lowest BCUT2D eigenvalue weighted by Gasteiger charge is -2.43. The van der Waals surface area contributed by atoms with Gasteiger partial charge in [0.15, 0.2) is 0 Å². The second-order valence-electron chi connectivity index (χ2n) is 11.1. The summed E-state index contributed by atoms with van der Waals surface area (Å²) in [5.41, 5.74) is -2.39. The van der Waals surface area contributed by atoms with Crippen molar-refractivity contribution in [3.63, 3.8) is 0 Å². The fourth-order valence-electron chi connectivity index (χ4n) is 5.46. The van der Waals surface area contributed by atoms with Gasteiger partial charge in [-0.25, -0.2) is 0 Å². The van der Waals surface area contributed by atoms with Crippen LogP contribution >= 0.6 is 12.2 Å². The highest BCUT2D eigenvalue weighted by molar-refractivity contribution is 7.80. The maximum absolute atomic E-state index is 13.4. The van der Waals surface area contributed by atoms with Crippen molar-refractivity contribution in [2.75, 3.05) is 41.6 Å². The van der Waals surface area contributed by atoms with E-state index in [1.807, 2.05) is 18.7 Å². The Bertz CT molecular complexity index is 1220. The third-order valence-electron chi connectivity index (χ3n) is 7.67. The molecule has 2 fully saturated rings. The molecule has 7 nitrogen and oxygen atoms in total. The van der Waals surface area contributed by atoms with Crippen LogP contribution in [0.25, 0.3) is 0 Å². The van der Waals surface area contributed by atoms with Crippen LogP contribution in [0.1, 0.15) is 50.7 Å². The first-order chi connectivity index (χ1) is 19.5. The molecule has 2 aliphatic rings. The highest BCUT2D eigenvalue weighted by Crippen LogP contribution is 2.38. The summed E-state index contributed by atoms with van der Waals surface area (Å²) in [7, 11) is 0. The standard InChI is InChI=1S/C28H34F6N4O3S/c1-26(2,25(42)37-15-13-36(14-16-37)21-8-3-18(4-9-21)27(29,30)31)41-22-10-5-19(6-11-22)35-20-7-12-24(38(39)40)23(17-20)28(32,33)34/h3-4,7-9,12,17,19,22,35,39-40H,5-6,10-11,13-16H2,1-2H3. The van der Waals surface area contributed by atoms with Crippen molar-refractivity contribution in [3.05, 3.63) is 53.6 Å². The molecule has 0 atom stereocenters. The zero-order chi connectivity index (χ0) is 30.9. The molecule has 42 heavy (non-hydrogen) atoms. The van der Waals surface area contributed by atoms with Gasteiger partial charge in [-0.15, -0.1) is 5.23 Å². The van der Waals surface area contributed by atoms with Crippen LogP contribution in [-0.4, -0.2) is 64.2 Å². The molecule has 3 N–H and O–H groups in total. The molecular formula is C28H34F6N4O3S. The molecule has 14 heteroatoms. The Morgan fingerprint density at radius 2 is 1.48 bits per heavy atom. The third kappa shape index (κ3) is 7.77. The summed E-state index contributed by atoms with van der Waals surface area (Å²) in [6.07, 6.45) is -6.55. The number of hydrogen-bond donors (Lipinski definition) is 3. The van der Waals surface area contributed by atoms with Gasteiger partial charge in [0.1, 0.15) is 16.3 Å². The van der Waals surface area contributed by atoms with E-state index < -0.39 is 40.0 Å². The monoisotopic (exact) mass is 620 g/mol. The second kappa shape index (κ2) is 12.4. The van der Waals surface area contributed by atoms with Crippen molar-refractivity contribution in [2.24, 2.45) is 0 Å². The van der Waals surface area contributed by atoms with Crippen LogP contribution in [0, 0.1) is 0 Å². The largest absolute Gasteiger partial charge is 0.418 e. The molecule has 1 heterocycles. The molecule has 1 aliphatic heterocycles. The lowest BCUT2D eigenvalue weighted by atomic mass is 9.92. The number of nitrogens with zero attached hydrogens (tertiary/aromatic N) is 3. The van der Waals surface area contributed by atoms with E-state index in [1.54, 1.807) is 0 Å². The molecule has 2 aromatic carbocycles. The van der Waals surface area contributed by atoms with Gasteiger partial charge in [0.2, 0.25) is 0 Å². The van der Waals surface area contributed by atoms with Crippen molar-refractivity contribution in [1.82, 2.24) is 4.90 Å². The van der Waals surface area contributed by atoms with Crippen molar-refractivity contribution >= 4 is 34.3 Å². The van der Waals surface area contributed by atoms with E-state index in [9.17, 15) is 26.3 Å². The molecule has 0 spiro atoms. The maximum atomic E-state index is 13.4. The maximum Gasteiger partial charge on any atom is 0.418 e. The van der Waals surface area contributed by atoms with Gasteiger partial charge in [-0.1, -0.05) is 12.2 Å². The van der Waals surface area contributed by atoms with Gasteiger partial charge in [-0.2, -0.15) is 26.3 Å². The van der Waals surface area contributed by atoms with Gasteiger partial charge in [-0.05, 0) is 82.0 Å². The summed E-state index contributed by atoms with van der Waals surface area (Å²) >= 11 is 5.79. The van der Waals surface area contributed by atoms with Crippen molar-refractivity contribution < 1.29 is 41.5 Å². The topological polar surface area (TPSA) is 71.4 Å². The van der Waals surface area contributed by atoms with E-state index in [0.717, 1.165) is 30.0 Å². The fourth-order valence-corrected chi connectivity index (χ4v) is 5.70. The van der Waals surface area contributed by atoms with Crippen LogP contribution in [0.15, 0.2) is 42.5 Å². The minimum absolute atomic E-state index is 0.0792. The smallest absolute Gasteiger partial charge is 0.382 e. The van der Waals surface area contributed by atoms with E-state index >= 15 is 0 Å². The first kappa shape index (κ1) is 32.1. The number of anilines is 3. The summed E-state index contributed by atoms with van der Waals surface area (Å²) in [5.74, 6) is 0. The molecule has 0 amide bonds. The quantitative estimate of drug-likeness (QED) is 0.174. The summed E-state index contributed by atoms with van der Waals surface area (Å²) in [6.45, 7) is 6.23. The Morgan fingerprint density at radius 1 is 0.881 bits per heavy atom. The lowest BCUT2D eigenvalue weighted by Crippen LogP contribution is -2.55. The molecule has 0 aromatic heterocycles. The first-order valence-corrected chi connectivity index (χ1v) is 14.0. The number of piperazine rings is 1. The molecular weight excluding hydrogens is 586 g/mol. The zero-order valence-electron chi connectivity index (χ0n) is 23.2. The summed E-state index contributed by atoms with van der Waals surface area (Å²) in [6, 6.07) is 8.28. The van der Waals surface area contributed by atoms with Crippen LogP contribution in [-0.2, 0) is 17.1 Å². The summed E-state index contributed by atoms with van der Waals surface area (Å²) in [5, 5.41) is 20.8. The predicted octanol–water partition coefficient (Wildman–Crippen LogP) is 6.98. The fraction of sp³-hybridized carbons (Fsp3) is 0.536. The molecule has 2 aromatic rings. The Hall–Kier alpha value is -2.81. The van der Waals surface area contributed by atoms with Gasteiger partial charge >= 0.3 is 12.4 Å². The number of rotatable bonds is 7.